The summed E-state index contributed by atoms with van der Waals surface area (Å²) in [6, 6.07) is 11.3. The maximum atomic E-state index is 12.2. The van der Waals surface area contributed by atoms with Gasteiger partial charge >= 0.3 is 5.97 Å². The number of carbonyl (C=O) groups is 1. The van der Waals surface area contributed by atoms with Gasteiger partial charge in [-0.15, -0.1) is 0 Å². The zero-order valence-electron chi connectivity index (χ0n) is 14.3. The van der Waals surface area contributed by atoms with Gasteiger partial charge in [0, 0.05) is 12.6 Å². The largest absolute Gasteiger partial charge is 0.478 e. The Morgan fingerprint density at radius 2 is 1.96 bits per heavy atom. The first-order valence-corrected chi connectivity index (χ1v) is 9.75. The monoisotopic (exact) mass is 376 g/mol. The number of carboxylic acid groups (broad SMARTS) is 1. The van der Waals surface area contributed by atoms with Crippen LogP contribution in [0, 0.1) is 0 Å². The average Bonchev–Trinajstić information content (AvgIpc) is 3.00. The fourth-order valence-corrected chi connectivity index (χ4v) is 3.83. The van der Waals surface area contributed by atoms with E-state index >= 15 is 0 Å². The Morgan fingerprint density at radius 3 is 2.50 bits per heavy atom. The number of sulfonamides is 1. The number of para-hydroxylation sites is 1. The summed E-state index contributed by atoms with van der Waals surface area (Å²) in [7, 11) is -4.19. The molecule has 1 heterocycles. The number of nitrogens with two attached hydrogens (primary N) is 1. The van der Waals surface area contributed by atoms with Gasteiger partial charge in [-0.1, -0.05) is 18.2 Å². The Balaban J connectivity index is 2.24. The minimum absolute atomic E-state index is 0.0532. The molecule has 0 spiro atoms. The molecule has 0 aromatic heterocycles. The molecule has 138 valence electrons. The summed E-state index contributed by atoms with van der Waals surface area (Å²) in [5, 5.41) is 14.8. The highest BCUT2D eigenvalue weighted by Crippen LogP contribution is 2.41. The lowest BCUT2D eigenvalue weighted by Gasteiger charge is -2.27. The van der Waals surface area contributed by atoms with Gasteiger partial charge in [0.15, 0.2) is 5.75 Å². The summed E-state index contributed by atoms with van der Waals surface area (Å²) in [5.41, 5.74) is 0.270. The fourth-order valence-electron chi connectivity index (χ4n) is 3.14. The van der Waals surface area contributed by atoms with E-state index in [1.807, 2.05) is 17.9 Å². The van der Waals surface area contributed by atoms with E-state index < -0.39 is 16.0 Å². The third kappa shape index (κ3) is 3.66. The highest BCUT2D eigenvalue weighted by atomic mass is 32.2. The van der Waals surface area contributed by atoms with Gasteiger partial charge in [-0.2, -0.15) is 0 Å². The lowest BCUT2D eigenvalue weighted by molar-refractivity contribution is 0.0696. The molecule has 3 N–H and O–H groups in total. The molecule has 8 heteroatoms. The van der Waals surface area contributed by atoms with E-state index in [0.717, 1.165) is 18.9 Å². The zero-order valence-corrected chi connectivity index (χ0v) is 15.1. The van der Waals surface area contributed by atoms with Crippen molar-refractivity contribution in [2.75, 3.05) is 11.4 Å². The van der Waals surface area contributed by atoms with Crippen molar-refractivity contribution in [3.8, 4) is 11.5 Å². The Morgan fingerprint density at radius 1 is 1.27 bits per heavy atom. The predicted octanol–water partition coefficient (Wildman–Crippen LogP) is 2.81. The second-order valence-electron chi connectivity index (χ2n) is 6.27. The summed E-state index contributed by atoms with van der Waals surface area (Å²) in [4.78, 5) is 13.1. The first-order valence-electron chi connectivity index (χ1n) is 8.21. The third-order valence-corrected chi connectivity index (χ3v) is 5.33. The molecule has 0 aliphatic carbocycles. The van der Waals surface area contributed by atoms with Crippen molar-refractivity contribution >= 4 is 21.7 Å². The van der Waals surface area contributed by atoms with Crippen LogP contribution in [0.3, 0.4) is 0 Å². The molecule has 0 bridgehead atoms. The molecule has 26 heavy (non-hydrogen) atoms. The number of hydrogen-bond acceptors (Lipinski definition) is 5. The van der Waals surface area contributed by atoms with Crippen molar-refractivity contribution in [2.24, 2.45) is 5.14 Å². The molecule has 0 amide bonds. The van der Waals surface area contributed by atoms with Gasteiger partial charge in [-0.05, 0) is 44.0 Å². The first kappa shape index (κ1) is 18.2. The Labute approximate surface area is 152 Å². The van der Waals surface area contributed by atoms with Crippen LogP contribution in [0.5, 0.6) is 11.5 Å². The van der Waals surface area contributed by atoms with E-state index in [0.29, 0.717) is 18.0 Å². The molecule has 2 aromatic rings. The molecule has 7 nitrogen and oxygen atoms in total. The zero-order chi connectivity index (χ0) is 18.9. The average molecular weight is 376 g/mol. The number of ether oxygens (including phenoxy) is 1. The predicted molar refractivity (Wildman–Crippen MR) is 97.3 cm³/mol. The van der Waals surface area contributed by atoms with Crippen LogP contribution in [0.4, 0.5) is 5.69 Å². The smallest absolute Gasteiger partial charge is 0.335 e. The van der Waals surface area contributed by atoms with Gasteiger partial charge < -0.3 is 14.7 Å². The third-order valence-electron chi connectivity index (χ3n) is 4.41. The van der Waals surface area contributed by atoms with E-state index in [-0.39, 0.29) is 22.3 Å². The number of aromatic carboxylic acids is 1. The van der Waals surface area contributed by atoms with E-state index in [2.05, 4.69) is 0 Å². The van der Waals surface area contributed by atoms with Crippen molar-refractivity contribution in [1.82, 2.24) is 0 Å². The second kappa shape index (κ2) is 6.97. The summed E-state index contributed by atoms with van der Waals surface area (Å²) in [6.07, 6.45) is 1.85. The topological polar surface area (TPSA) is 110 Å². The van der Waals surface area contributed by atoms with Crippen LogP contribution < -0.4 is 14.8 Å². The van der Waals surface area contributed by atoms with Gasteiger partial charge in [0.05, 0.1) is 11.3 Å². The van der Waals surface area contributed by atoms with Crippen LogP contribution in [0.25, 0.3) is 0 Å². The molecule has 1 fully saturated rings. The summed E-state index contributed by atoms with van der Waals surface area (Å²) in [5.74, 6) is -0.736. The van der Waals surface area contributed by atoms with Crippen LogP contribution >= 0.6 is 0 Å². The molecule has 1 atom stereocenters. The van der Waals surface area contributed by atoms with Crippen molar-refractivity contribution < 1.29 is 23.1 Å². The van der Waals surface area contributed by atoms with Gasteiger partial charge in [0.2, 0.25) is 10.0 Å². The number of anilines is 1. The molecule has 1 saturated heterocycles. The molecule has 1 aliphatic rings. The summed E-state index contributed by atoms with van der Waals surface area (Å²) in [6.45, 7) is 2.68. The SMILES string of the molecule is CC1CCCN1c1cc(C(=O)O)cc(S(N)(=O)=O)c1Oc1ccccc1. The van der Waals surface area contributed by atoms with Crippen molar-refractivity contribution in [3.63, 3.8) is 0 Å². The Kier molecular flexibility index (Phi) is 4.88. The standard InChI is InChI=1S/C18H20N2O5S/c1-12-6-5-9-20(12)15-10-13(18(21)22)11-16(26(19,23)24)17(15)25-14-7-3-2-4-8-14/h2-4,7-8,10-12H,5-6,9H2,1H3,(H,21,22)(H2,19,23,24). The van der Waals surface area contributed by atoms with Crippen LogP contribution in [0.1, 0.15) is 30.1 Å². The van der Waals surface area contributed by atoms with E-state index in [1.54, 1.807) is 24.3 Å². The lowest BCUT2D eigenvalue weighted by atomic mass is 10.1. The van der Waals surface area contributed by atoms with Crippen LogP contribution in [-0.4, -0.2) is 32.1 Å². The van der Waals surface area contributed by atoms with Crippen LogP contribution in [0.2, 0.25) is 0 Å². The quantitative estimate of drug-likeness (QED) is 0.830. The van der Waals surface area contributed by atoms with Gasteiger partial charge in [0.1, 0.15) is 10.6 Å². The highest BCUT2D eigenvalue weighted by Gasteiger charge is 2.30. The molecule has 3 rings (SSSR count). The van der Waals surface area contributed by atoms with E-state index in [9.17, 15) is 18.3 Å². The summed E-state index contributed by atoms with van der Waals surface area (Å²) < 4.78 is 30.2. The van der Waals surface area contributed by atoms with Crippen molar-refractivity contribution in [3.05, 3.63) is 48.0 Å². The normalized spacial score (nSPS) is 17.3. The number of rotatable bonds is 5. The molecular formula is C18H20N2O5S. The number of nitrogens with zero attached hydrogens (tertiary/aromatic N) is 1. The molecular weight excluding hydrogens is 356 g/mol. The molecule has 1 unspecified atom stereocenters. The Bertz CT molecular complexity index is 928. The first-order chi connectivity index (χ1) is 12.3. The number of benzene rings is 2. The van der Waals surface area contributed by atoms with Gasteiger partial charge in [-0.25, -0.2) is 18.4 Å². The minimum atomic E-state index is -4.19. The second-order valence-corrected chi connectivity index (χ2v) is 7.80. The lowest BCUT2D eigenvalue weighted by Crippen LogP contribution is -2.28. The fraction of sp³-hybridized carbons (Fsp3) is 0.278. The van der Waals surface area contributed by atoms with Crippen molar-refractivity contribution in [2.45, 2.75) is 30.7 Å². The number of primary sulfonamides is 1. The Hall–Kier alpha value is -2.58. The maximum Gasteiger partial charge on any atom is 0.335 e. The van der Waals surface area contributed by atoms with Gasteiger partial charge in [-0.3, -0.25) is 0 Å². The van der Waals surface area contributed by atoms with Crippen LogP contribution in [-0.2, 0) is 10.0 Å². The number of carboxylic acids is 1. The molecule has 2 aromatic carbocycles. The maximum absolute atomic E-state index is 12.2. The highest BCUT2D eigenvalue weighted by molar-refractivity contribution is 7.89. The van der Waals surface area contributed by atoms with Gasteiger partial charge in [0.25, 0.3) is 0 Å². The van der Waals surface area contributed by atoms with E-state index in [4.69, 9.17) is 9.88 Å². The number of hydrogen-bond donors (Lipinski definition) is 2. The van der Waals surface area contributed by atoms with Crippen molar-refractivity contribution in [1.29, 1.82) is 0 Å². The minimum Gasteiger partial charge on any atom is -0.478 e. The van der Waals surface area contributed by atoms with E-state index in [1.165, 1.54) is 6.07 Å². The molecule has 1 aliphatic heterocycles. The molecule has 0 saturated carbocycles. The molecule has 0 radical (unpaired) electrons. The van der Waals surface area contributed by atoms with Crippen LogP contribution in [0.15, 0.2) is 47.4 Å². The summed E-state index contributed by atoms with van der Waals surface area (Å²) >= 11 is 0.